The first-order valence-corrected chi connectivity index (χ1v) is 4.81. The van der Waals surface area contributed by atoms with Gasteiger partial charge in [-0.25, -0.2) is 4.39 Å². The predicted octanol–water partition coefficient (Wildman–Crippen LogP) is 3.28. The molecule has 0 fully saturated rings. The summed E-state index contributed by atoms with van der Waals surface area (Å²) in [6.07, 6.45) is 0. The van der Waals surface area contributed by atoms with Gasteiger partial charge in [-0.05, 0) is 32.0 Å². The van der Waals surface area contributed by atoms with Crippen LogP contribution in [0, 0.1) is 0 Å². The Labute approximate surface area is 93.0 Å². The van der Waals surface area contributed by atoms with Crippen LogP contribution in [0.4, 0.5) is 4.39 Å². The van der Waals surface area contributed by atoms with Crippen LogP contribution in [-0.4, -0.2) is 18.6 Å². The van der Waals surface area contributed by atoms with Crippen LogP contribution in [0.1, 0.15) is 24.2 Å². The standard InChI is InChI=1S/C11H12ClFO2/c1-11(2,13)10(14)8-6-7(12)4-5-9(8)15-3/h4-6H,1-3H3. The largest absolute Gasteiger partial charge is 0.496 e. The number of ether oxygens (including phenoxy) is 1. The molecule has 1 aromatic carbocycles. The third-order valence-corrected chi connectivity index (χ3v) is 2.18. The van der Waals surface area contributed by atoms with Crippen LogP contribution in [0.3, 0.4) is 0 Å². The number of hydrogen-bond acceptors (Lipinski definition) is 2. The highest BCUT2D eigenvalue weighted by Crippen LogP contribution is 2.27. The number of Topliss-reactive ketones (excluding diaryl/α,β-unsaturated/α-hetero) is 1. The molecule has 0 saturated heterocycles. The summed E-state index contributed by atoms with van der Waals surface area (Å²) in [5.41, 5.74) is -1.77. The first-order valence-electron chi connectivity index (χ1n) is 4.43. The predicted molar refractivity (Wildman–Crippen MR) is 57.5 cm³/mol. The van der Waals surface area contributed by atoms with Crippen molar-refractivity contribution in [2.24, 2.45) is 0 Å². The average Bonchev–Trinajstić information content (AvgIpc) is 2.15. The highest BCUT2D eigenvalue weighted by Gasteiger charge is 2.30. The molecular weight excluding hydrogens is 219 g/mol. The second-order valence-corrected chi connectivity index (χ2v) is 4.08. The van der Waals surface area contributed by atoms with E-state index in [0.717, 1.165) is 0 Å². The molecule has 0 heterocycles. The molecule has 0 aliphatic carbocycles. The Kier molecular flexibility index (Phi) is 3.35. The number of benzene rings is 1. The number of halogens is 2. The van der Waals surface area contributed by atoms with E-state index in [4.69, 9.17) is 16.3 Å². The minimum atomic E-state index is -1.93. The number of hydrogen-bond donors (Lipinski definition) is 0. The molecule has 0 spiro atoms. The van der Waals surface area contributed by atoms with E-state index in [1.807, 2.05) is 0 Å². The van der Waals surface area contributed by atoms with Gasteiger partial charge in [0.15, 0.2) is 5.67 Å². The van der Waals surface area contributed by atoms with Crippen molar-refractivity contribution in [2.75, 3.05) is 7.11 Å². The summed E-state index contributed by atoms with van der Waals surface area (Å²) >= 11 is 5.74. The van der Waals surface area contributed by atoms with E-state index < -0.39 is 11.5 Å². The van der Waals surface area contributed by atoms with Gasteiger partial charge in [-0.3, -0.25) is 4.79 Å². The third kappa shape index (κ3) is 2.69. The van der Waals surface area contributed by atoms with Crippen LogP contribution in [0.2, 0.25) is 5.02 Å². The fraction of sp³-hybridized carbons (Fsp3) is 0.364. The lowest BCUT2D eigenvalue weighted by Gasteiger charge is -2.15. The van der Waals surface area contributed by atoms with E-state index >= 15 is 0 Å². The van der Waals surface area contributed by atoms with Crippen molar-refractivity contribution in [3.05, 3.63) is 28.8 Å². The third-order valence-electron chi connectivity index (χ3n) is 1.95. The second-order valence-electron chi connectivity index (χ2n) is 3.65. The Bertz CT molecular complexity index is 383. The molecule has 1 aromatic rings. The normalized spacial score (nSPS) is 11.3. The maximum Gasteiger partial charge on any atom is 0.203 e. The SMILES string of the molecule is COc1ccc(Cl)cc1C(=O)C(C)(C)F. The van der Waals surface area contributed by atoms with Crippen LogP contribution >= 0.6 is 11.6 Å². The molecule has 1 rings (SSSR count). The van der Waals surface area contributed by atoms with Gasteiger partial charge >= 0.3 is 0 Å². The molecule has 0 amide bonds. The molecule has 15 heavy (non-hydrogen) atoms. The smallest absolute Gasteiger partial charge is 0.203 e. The van der Waals surface area contributed by atoms with Gasteiger partial charge in [0.1, 0.15) is 5.75 Å². The maximum atomic E-state index is 13.5. The lowest BCUT2D eigenvalue weighted by atomic mass is 9.98. The molecule has 4 heteroatoms. The number of carbonyl (C=O) groups is 1. The van der Waals surface area contributed by atoms with Crippen molar-refractivity contribution in [3.63, 3.8) is 0 Å². The number of ketones is 1. The van der Waals surface area contributed by atoms with E-state index in [1.54, 1.807) is 12.1 Å². The molecule has 0 aliphatic rings. The Morgan fingerprint density at radius 3 is 2.53 bits per heavy atom. The lowest BCUT2D eigenvalue weighted by Crippen LogP contribution is -2.26. The minimum absolute atomic E-state index is 0.164. The van der Waals surface area contributed by atoms with Gasteiger partial charge in [-0.1, -0.05) is 11.6 Å². The summed E-state index contributed by atoms with van der Waals surface area (Å²) in [4.78, 5) is 11.7. The van der Waals surface area contributed by atoms with Crippen molar-refractivity contribution >= 4 is 17.4 Å². The van der Waals surface area contributed by atoms with Crippen molar-refractivity contribution in [1.29, 1.82) is 0 Å². The zero-order chi connectivity index (χ0) is 11.6. The van der Waals surface area contributed by atoms with Gasteiger partial charge in [0.05, 0.1) is 12.7 Å². The van der Waals surface area contributed by atoms with E-state index in [2.05, 4.69) is 0 Å². The lowest BCUT2D eigenvalue weighted by molar-refractivity contribution is 0.0757. The molecule has 0 aromatic heterocycles. The molecule has 0 atom stereocenters. The molecule has 82 valence electrons. The summed E-state index contributed by atoms with van der Waals surface area (Å²) in [5, 5.41) is 0.378. The van der Waals surface area contributed by atoms with Crippen LogP contribution < -0.4 is 4.74 Å². The number of rotatable bonds is 3. The summed E-state index contributed by atoms with van der Waals surface area (Å²) in [6, 6.07) is 4.54. The number of methoxy groups -OCH3 is 1. The quantitative estimate of drug-likeness (QED) is 0.745. The van der Waals surface area contributed by atoms with Crippen LogP contribution in [-0.2, 0) is 0 Å². The van der Waals surface area contributed by atoms with Gasteiger partial charge < -0.3 is 4.74 Å². The second kappa shape index (κ2) is 4.19. The fourth-order valence-corrected chi connectivity index (χ4v) is 1.35. The molecule has 0 radical (unpaired) electrons. The first kappa shape index (κ1) is 12.0. The van der Waals surface area contributed by atoms with E-state index in [0.29, 0.717) is 10.8 Å². The van der Waals surface area contributed by atoms with Crippen LogP contribution in [0.15, 0.2) is 18.2 Å². The molecular formula is C11H12ClFO2. The monoisotopic (exact) mass is 230 g/mol. The number of carbonyl (C=O) groups excluding carboxylic acids is 1. The maximum absolute atomic E-state index is 13.5. The first-order chi connectivity index (χ1) is 6.86. The van der Waals surface area contributed by atoms with Crippen LogP contribution in [0.5, 0.6) is 5.75 Å². The van der Waals surface area contributed by atoms with Gasteiger partial charge in [-0.15, -0.1) is 0 Å². The van der Waals surface area contributed by atoms with Gasteiger partial charge in [0, 0.05) is 5.02 Å². The summed E-state index contributed by atoms with van der Waals surface area (Å²) in [6.45, 7) is 2.41. The summed E-state index contributed by atoms with van der Waals surface area (Å²) in [7, 11) is 1.42. The van der Waals surface area contributed by atoms with Gasteiger partial charge in [0.25, 0.3) is 0 Å². The molecule has 0 bridgehead atoms. The minimum Gasteiger partial charge on any atom is -0.496 e. The molecule has 0 aliphatic heterocycles. The van der Waals surface area contributed by atoms with Gasteiger partial charge in [-0.2, -0.15) is 0 Å². The fourth-order valence-electron chi connectivity index (χ4n) is 1.18. The Hall–Kier alpha value is -1.09. The van der Waals surface area contributed by atoms with Crippen molar-refractivity contribution in [1.82, 2.24) is 0 Å². The van der Waals surface area contributed by atoms with E-state index in [9.17, 15) is 9.18 Å². The highest BCUT2D eigenvalue weighted by molar-refractivity contribution is 6.31. The Balaban J connectivity index is 3.23. The van der Waals surface area contributed by atoms with Crippen molar-refractivity contribution < 1.29 is 13.9 Å². The number of alkyl halides is 1. The molecule has 0 unspecified atom stereocenters. The highest BCUT2D eigenvalue weighted by atomic mass is 35.5. The molecule has 0 N–H and O–H groups in total. The van der Waals surface area contributed by atoms with Crippen LogP contribution in [0.25, 0.3) is 0 Å². The summed E-state index contributed by atoms with van der Waals surface area (Å²) < 4.78 is 18.4. The topological polar surface area (TPSA) is 26.3 Å². The van der Waals surface area contributed by atoms with Gasteiger partial charge in [0.2, 0.25) is 5.78 Å². The molecule has 2 nitrogen and oxygen atoms in total. The van der Waals surface area contributed by atoms with Crippen molar-refractivity contribution in [2.45, 2.75) is 19.5 Å². The van der Waals surface area contributed by atoms with E-state index in [1.165, 1.54) is 27.0 Å². The Morgan fingerprint density at radius 2 is 2.07 bits per heavy atom. The zero-order valence-corrected chi connectivity index (χ0v) is 9.56. The zero-order valence-electron chi connectivity index (χ0n) is 8.80. The van der Waals surface area contributed by atoms with Crippen molar-refractivity contribution in [3.8, 4) is 5.75 Å². The Morgan fingerprint density at radius 1 is 1.47 bits per heavy atom. The molecule has 0 saturated carbocycles. The van der Waals surface area contributed by atoms with E-state index in [-0.39, 0.29) is 5.56 Å². The summed E-state index contributed by atoms with van der Waals surface area (Å²) in [5.74, 6) is -0.308. The average molecular weight is 231 g/mol.